The fourth-order valence-corrected chi connectivity index (χ4v) is 4.52. The van der Waals surface area contributed by atoms with E-state index in [2.05, 4.69) is 43.1 Å². The first kappa shape index (κ1) is 20.7. The molecule has 0 spiro atoms. The molecular formula is C23H25NO2S2. The van der Waals surface area contributed by atoms with E-state index in [0.29, 0.717) is 17.4 Å². The third-order valence-corrected chi connectivity index (χ3v) is 6.76. The highest BCUT2D eigenvalue weighted by atomic mass is 32.2. The Balaban J connectivity index is 1.57. The van der Waals surface area contributed by atoms with Gasteiger partial charge in [0.25, 0.3) is 5.91 Å². The Hall–Kier alpha value is -1.98. The Morgan fingerprint density at radius 2 is 1.75 bits per heavy atom. The van der Waals surface area contributed by atoms with Gasteiger partial charge in [-0.3, -0.25) is 4.79 Å². The summed E-state index contributed by atoms with van der Waals surface area (Å²) >= 11 is 2.93. The highest BCUT2D eigenvalue weighted by Crippen LogP contribution is 2.32. The van der Waals surface area contributed by atoms with E-state index in [0.717, 1.165) is 34.1 Å². The van der Waals surface area contributed by atoms with Crippen LogP contribution >= 0.6 is 23.5 Å². The zero-order valence-corrected chi connectivity index (χ0v) is 18.1. The SMILES string of the molecule is CCC(CC)c1ccc(OCc2ccc(C=C3SC(SC)=NC3=O)cc2)cc1. The van der Waals surface area contributed by atoms with Crippen LogP contribution in [0.5, 0.6) is 5.75 Å². The monoisotopic (exact) mass is 411 g/mol. The second kappa shape index (κ2) is 9.99. The summed E-state index contributed by atoms with van der Waals surface area (Å²) in [5, 5.41) is 0. The molecule has 0 radical (unpaired) electrons. The van der Waals surface area contributed by atoms with Crippen molar-refractivity contribution in [2.45, 2.75) is 39.2 Å². The molecule has 0 saturated carbocycles. The van der Waals surface area contributed by atoms with Crippen LogP contribution in [0.25, 0.3) is 6.08 Å². The molecule has 0 unspecified atom stereocenters. The Morgan fingerprint density at radius 3 is 2.32 bits per heavy atom. The topological polar surface area (TPSA) is 38.7 Å². The average molecular weight is 412 g/mol. The van der Waals surface area contributed by atoms with Crippen LogP contribution in [0.1, 0.15) is 49.3 Å². The molecular weight excluding hydrogens is 386 g/mol. The number of aliphatic imine (C=N–C) groups is 1. The van der Waals surface area contributed by atoms with Gasteiger partial charge >= 0.3 is 0 Å². The molecule has 0 atom stereocenters. The third kappa shape index (κ3) is 5.30. The largest absolute Gasteiger partial charge is 0.489 e. The quantitative estimate of drug-likeness (QED) is 0.487. The minimum absolute atomic E-state index is 0.154. The van der Waals surface area contributed by atoms with Crippen LogP contribution in [0.4, 0.5) is 0 Å². The van der Waals surface area contributed by atoms with Crippen LogP contribution in [-0.4, -0.2) is 16.5 Å². The van der Waals surface area contributed by atoms with Crippen molar-refractivity contribution in [2.24, 2.45) is 4.99 Å². The molecule has 146 valence electrons. The minimum Gasteiger partial charge on any atom is -0.489 e. The zero-order valence-electron chi connectivity index (χ0n) is 16.5. The molecule has 5 heteroatoms. The van der Waals surface area contributed by atoms with E-state index in [1.54, 1.807) is 0 Å². The van der Waals surface area contributed by atoms with Crippen LogP contribution in [0, 0.1) is 0 Å². The lowest BCUT2D eigenvalue weighted by molar-refractivity contribution is -0.113. The van der Waals surface area contributed by atoms with Gasteiger partial charge in [0, 0.05) is 0 Å². The van der Waals surface area contributed by atoms with E-state index >= 15 is 0 Å². The lowest BCUT2D eigenvalue weighted by Crippen LogP contribution is -1.98. The summed E-state index contributed by atoms with van der Waals surface area (Å²) in [5.41, 5.74) is 3.46. The first-order chi connectivity index (χ1) is 13.6. The molecule has 0 aromatic heterocycles. The fraction of sp³-hybridized carbons (Fsp3) is 0.304. The number of nitrogens with zero attached hydrogens (tertiary/aromatic N) is 1. The number of benzene rings is 2. The van der Waals surface area contributed by atoms with E-state index in [1.807, 2.05) is 36.6 Å². The van der Waals surface area contributed by atoms with Gasteiger partial charge in [-0.15, -0.1) is 11.8 Å². The molecule has 3 rings (SSSR count). The number of carbonyl (C=O) groups is 1. The summed E-state index contributed by atoms with van der Waals surface area (Å²) in [5.74, 6) is 1.35. The van der Waals surface area contributed by atoms with Gasteiger partial charge in [0.2, 0.25) is 0 Å². The van der Waals surface area contributed by atoms with Crippen molar-refractivity contribution in [3.05, 3.63) is 70.1 Å². The summed E-state index contributed by atoms with van der Waals surface area (Å²) in [4.78, 5) is 16.5. The van der Waals surface area contributed by atoms with Crippen LogP contribution in [0.3, 0.4) is 0 Å². The molecule has 1 aliphatic rings. The number of hydrogen-bond acceptors (Lipinski definition) is 4. The molecule has 2 aromatic rings. The van der Waals surface area contributed by atoms with E-state index < -0.39 is 0 Å². The van der Waals surface area contributed by atoms with Crippen molar-refractivity contribution in [2.75, 3.05) is 6.26 Å². The van der Waals surface area contributed by atoms with E-state index in [-0.39, 0.29) is 5.91 Å². The number of hydrogen-bond donors (Lipinski definition) is 0. The van der Waals surface area contributed by atoms with Crippen LogP contribution in [0.2, 0.25) is 0 Å². The van der Waals surface area contributed by atoms with Gasteiger partial charge in [-0.1, -0.05) is 62.0 Å². The van der Waals surface area contributed by atoms with Gasteiger partial charge in [0.15, 0.2) is 0 Å². The van der Waals surface area contributed by atoms with E-state index in [9.17, 15) is 4.79 Å². The van der Waals surface area contributed by atoms with Crippen molar-refractivity contribution in [3.8, 4) is 5.75 Å². The lowest BCUT2D eigenvalue weighted by atomic mass is 9.94. The number of thioether (sulfide) groups is 2. The maximum Gasteiger partial charge on any atom is 0.285 e. The second-order valence-corrected chi connectivity index (χ2v) is 8.69. The van der Waals surface area contributed by atoms with Crippen molar-refractivity contribution in [1.29, 1.82) is 0 Å². The molecule has 1 amide bonds. The van der Waals surface area contributed by atoms with Crippen LogP contribution in [0.15, 0.2) is 58.4 Å². The molecule has 3 nitrogen and oxygen atoms in total. The first-order valence-corrected chi connectivity index (χ1v) is 11.5. The van der Waals surface area contributed by atoms with Crippen molar-refractivity contribution in [1.82, 2.24) is 0 Å². The lowest BCUT2D eigenvalue weighted by Gasteiger charge is -2.13. The first-order valence-electron chi connectivity index (χ1n) is 9.51. The Morgan fingerprint density at radius 1 is 1.07 bits per heavy atom. The highest BCUT2D eigenvalue weighted by molar-refractivity contribution is 8.40. The molecule has 1 aliphatic heterocycles. The fourth-order valence-electron chi connectivity index (χ4n) is 3.10. The molecule has 0 N–H and O–H groups in total. The standard InChI is InChI=1S/C23H25NO2S2/c1-4-18(5-2)19-10-12-20(13-11-19)26-15-17-8-6-16(7-9-17)14-21-22(25)24-23(27-3)28-21/h6-14,18H,4-5,15H2,1-3H3. The third-order valence-electron chi connectivity index (χ3n) is 4.80. The van der Waals surface area contributed by atoms with Crippen molar-refractivity contribution >= 4 is 39.9 Å². The normalized spacial score (nSPS) is 15.4. The summed E-state index contributed by atoms with van der Waals surface area (Å²) < 4.78 is 6.72. The Labute approximate surface area is 175 Å². The predicted octanol–water partition coefficient (Wildman–Crippen LogP) is 6.50. The Bertz CT molecular complexity index is 866. The van der Waals surface area contributed by atoms with Gasteiger partial charge in [0.1, 0.15) is 16.7 Å². The zero-order chi connectivity index (χ0) is 19.9. The molecule has 0 saturated heterocycles. The summed E-state index contributed by atoms with van der Waals surface area (Å²) in [6, 6.07) is 16.5. The van der Waals surface area contributed by atoms with Crippen LogP contribution in [-0.2, 0) is 11.4 Å². The molecule has 2 aromatic carbocycles. The molecule has 0 aliphatic carbocycles. The number of ether oxygens (including phenoxy) is 1. The van der Waals surface area contributed by atoms with Gasteiger partial charge in [-0.05, 0) is 59.9 Å². The van der Waals surface area contributed by atoms with Gasteiger partial charge in [-0.25, -0.2) is 0 Å². The second-order valence-electron chi connectivity index (χ2n) is 6.61. The van der Waals surface area contributed by atoms with E-state index in [4.69, 9.17) is 4.74 Å². The number of amides is 1. The Kier molecular flexibility index (Phi) is 7.40. The maximum absolute atomic E-state index is 11.9. The van der Waals surface area contributed by atoms with Crippen molar-refractivity contribution in [3.63, 3.8) is 0 Å². The van der Waals surface area contributed by atoms with Crippen molar-refractivity contribution < 1.29 is 9.53 Å². The number of rotatable bonds is 7. The van der Waals surface area contributed by atoms with Gasteiger partial charge in [-0.2, -0.15) is 4.99 Å². The maximum atomic E-state index is 11.9. The van der Waals surface area contributed by atoms with E-state index in [1.165, 1.54) is 29.1 Å². The summed E-state index contributed by atoms with van der Waals surface area (Å²) in [6.07, 6.45) is 6.14. The average Bonchev–Trinajstić information content (AvgIpc) is 3.09. The smallest absolute Gasteiger partial charge is 0.285 e. The minimum atomic E-state index is -0.154. The van der Waals surface area contributed by atoms with Crippen LogP contribution < -0.4 is 4.74 Å². The predicted molar refractivity (Wildman–Crippen MR) is 122 cm³/mol. The summed E-state index contributed by atoms with van der Waals surface area (Å²) in [6.45, 7) is 4.98. The summed E-state index contributed by atoms with van der Waals surface area (Å²) in [7, 11) is 0. The molecule has 0 fully saturated rings. The van der Waals surface area contributed by atoms with Gasteiger partial charge in [0.05, 0.1) is 4.91 Å². The molecule has 28 heavy (non-hydrogen) atoms. The molecule has 1 heterocycles. The molecule has 0 bridgehead atoms. The number of carbonyl (C=O) groups excluding carboxylic acids is 1. The highest BCUT2D eigenvalue weighted by Gasteiger charge is 2.20. The van der Waals surface area contributed by atoms with Gasteiger partial charge < -0.3 is 4.74 Å².